The monoisotopic (exact) mass is 217 g/mol. The van der Waals surface area contributed by atoms with Crippen LogP contribution in [0.5, 0.6) is 5.75 Å². The second kappa shape index (κ2) is 4.10. The Morgan fingerprint density at radius 1 is 1.38 bits per heavy atom. The molecule has 2 heteroatoms. The number of nitrogens with one attached hydrogen (secondary N) is 1. The van der Waals surface area contributed by atoms with Gasteiger partial charge in [0.05, 0.1) is 6.61 Å². The van der Waals surface area contributed by atoms with E-state index in [4.69, 9.17) is 4.74 Å². The average molecular weight is 217 g/mol. The van der Waals surface area contributed by atoms with Gasteiger partial charge in [0.2, 0.25) is 0 Å². The SMILES string of the molecule is CC1CC1NCC1CCOc2ccccc21. The molecule has 2 nitrogen and oxygen atoms in total. The van der Waals surface area contributed by atoms with E-state index in [0.717, 1.165) is 37.3 Å². The largest absolute Gasteiger partial charge is 0.493 e. The third-order valence-corrected chi connectivity index (χ3v) is 3.82. The van der Waals surface area contributed by atoms with Crippen LogP contribution in [0.3, 0.4) is 0 Å². The van der Waals surface area contributed by atoms with E-state index in [-0.39, 0.29) is 0 Å². The van der Waals surface area contributed by atoms with Crippen molar-refractivity contribution in [2.75, 3.05) is 13.2 Å². The van der Waals surface area contributed by atoms with Crippen LogP contribution in [0.15, 0.2) is 24.3 Å². The Hall–Kier alpha value is -1.02. The van der Waals surface area contributed by atoms with E-state index in [1.807, 2.05) is 0 Å². The molecule has 0 spiro atoms. The lowest BCUT2D eigenvalue weighted by Crippen LogP contribution is -2.27. The van der Waals surface area contributed by atoms with Crippen molar-refractivity contribution in [1.29, 1.82) is 0 Å². The van der Waals surface area contributed by atoms with Crippen LogP contribution < -0.4 is 10.1 Å². The summed E-state index contributed by atoms with van der Waals surface area (Å²) in [4.78, 5) is 0. The molecule has 3 unspecified atom stereocenters. The maximum Gasteiger partial charge on any atom is 0.122 e. The number of ether oxygens (including phenoxy) is 1. The van der Waals surface area contributed by atoms with Gasteiger partial charge in [-0.05, 0) is 30.4 Å². The van der Waals surface area contributed by atoms with Gasteiger partial charge in [-0.3, -0.25) is 0 Å². The first-order valence-corrected chi connectivity index (χ1v) is 6.29. The second-order valence-corrected chi connectivity index (χ2v) is 5.10. The van der Waals surface area contributed by atoms with Crippen molar-refractivity contribution < 1.29 is 4.74 Å². The molecule has 1 N–H and O–H groups in total. The van der Waals surface area contributed by atoms with Crippen LogP contribution in [0, 0.1) is 5.92 Å². The standard InChI is InChI=1S/C14H19NO/c1-10-8-13(10)15-9-11-6-7-16-14-5-3-2-4-12(11)14/h2-5,10-11,13,15H,6-9H2,1H3. The normalized spacial score (nSPS) is 31.7. The molecule has 1 saturated carbocycles. The molecule has 0 radical (unpaired) electrons. The van der Waals surface area contributed by atoms with Gasteiger partial charge in [0.1, 0.15) is 5.75 Å². The van der Waals surface area contributed by atoms with Gasteiger partial charge < -0.3 is 10.1 Å². The quantitative estimate of drug-likeness (QED) is 0.840. The van der Waals surface area contributed by atoms with E-state index in [9.17, 15) is 0 Å². The van der Waals surface area contributed by atoms with Gasteiger partial charge in [-0.25, -0.2) is 0 Å². The van der Waals surface area contributed by atoms with E-state index in [1.54, 1.807) is 0 Å². The molecule has 1 fully saturated rings. The van der Waals surface area contributed by atoms with Crippen LogP contribution in [-0.4, -0.2) is 19.2 Å². The molecule has 0 amide bonds. The molecule has 86 valence electrons. The number of fused-ring (bicyclic) bond motifs is 1. The zero-order valence-electron chi connectivity index (χ0n) is 9.78. The first-order chi connectivity index (χ1) is 7.84. The minimum atomic E-state index is 0.637. The second-order valence-electron chi connectivity index (χ2n) is 5.10. The van der Waals surface area contributed by atoms with E-state index in [1.165, 1.54) is 12.0 Å². The van der Waals surface area contributed by atoms with Crippen molar-refractivity contribution in [3.05, 3.63) is 29.8 Å². The lowest BCUT2D eigenvalue weighted by atomic mass is 9.93. The zero-order valence-corrected chi connectivity index (χ0v) is 9.78. The minimum absolute atomic E-state index is 0.637. The maximum atomic E-state index is 5.67. The van der Waals surface area contributed by atoms with Gasteiger partial charge in [-0.1, -0.05) is 25.1 Å². The first kappa shape index (κ1) is 10.2. The Morgan fingerprint density at radius 3 is 3.00 bits per heavy atom. The van der Waals surface area contributed by atoms with Gasteiger partial charge in [0.25, 0.3) is 0 Å². The highest BCUT2D eigenvalue weighted by atomic mass is 16.5. The third kappa shape index (κ3) is 1.94. The van der Waals surface area contributed by atoms with E-state index in [0.29, 0.717) is 5.92 Å². The fourth-order valence-corrected chi connectivity index (χ4v) is 2.53. The summed E-state index contributed by atoms with van der Waals surface area (Å²) in [6.07, 6.45) is 2.50. The van der Waals surface area contributed by atoms with Gasteiger partial charge >= 0.3 is 0 Å². The van der Waals surface area contributed by atoms with Crippen LogP contribution in [0.25, 0.3) is 0 Å². The predicted molar refractivity (Wildman–Crippen MR) is 64.9 cm³/mol. The summed E-state index contributed by atoms with van der Waals surface area (Å²) < 4.78 is 5.67. The fourth-order valence-electron chi connectivity index (χ4n) is 2.53. The number of hydrogen-bond donors (Lipinski definition) is 1. The van der Waals surface area contributed by atoms with Crippen molar-refractivity contribution in [3.63, 3.8) is 0 Å². The van der Waals surface area contributed by atoms with Crippen molar-refractivity contribution in [1.82, 2.24) is 5.32 Å². The van der Waals surface area contributed by atoms with Crippen molar-refractivity contribution in [3.8, 4) is 5.75 Å². The van der Waals surface area contributed by atoms with Gasteiger partial charge in [-0.15, -0.1) is 0 Å². The van der Waals surface area contributed by atoms with Crippen LogP contribution in [-0.2, 0) is 0 Å². The summed E-state index contributed by atoms with van der Waals surface area (Å²) in [5.74, 6) is 2.61. The van der Waals surface area contributed by atoms with Crippen LogP contribution >= 0.6 is 0 Å². The average Bonchev–Trinajstić information content (AvgIpc) is 3.03. The molecule has 0 saturated heterocycles. The predicted octanol–water partition coefficient (Wildman–Crippen LogP) is 2.55. The molecular weight excluding hydrogens is 198 g/mol. The van der Waals surface area contributed by atoms with Gasteiger partial charge in [0.15, 0.2) is 0 Å². The summed E-state index contributed by atoms with van der Waals surface area (Å²) in [6, 6.07) is 9.23. The highest BCUT2D eigenvalue weighted by molar-refractivity contribution is 5.37. The lowest BCUT2D eigenvalue weighted by Gasteiger charge is -2.26. The molecule has 1 aliphatic carbocycles. The Balaban J connectivity index is 1.67. The van der Waals surface area contributed by atoms with Gasteiger partial charge in [-0.2, -0.15) is 0 Å². The Labute approximate surface area is 97.0 Å². The Bertz CT molecular complexity index is 377. The topological polar surface area (TPSA) is 21.3 Å². The third-order valence-electron chi connectivity index (χ3n) is 3.82. The number of hydrogen-bond acceptors (Lipinski definition) is 2. The summed E-state index contributed by atoms with van der Waals surface area (Å²) in [7, 11) is 0. The van der Waals surface area contributed by atoms with E-state index in [2.05, 4.69) is 36.5 Å². The van der Waals surface area contributed by atoms with Crippen LogP contribution in [0.2, 0.25) is 0 Å². The van der Waals surface area contributed by atoms with Crippen molar-refractivity contribution in [2.45, 2.75) is 31.7 Å². The summed E-state index contributed by atoms with van der Waals surface area (Å²) in [6.45, 7) is 4.29. The smallest absolute Gasteiger partial charge is 0.122 e. The van der Waals surface area contributed by atoms with Crippen molar-refractivity contribution >= 4 is 0 Å². The maximum absolute atomic E-state index is 5.67. The van der Waals surface area contributed by atoms with Crippen LogP contribution in [0.4, 0.5) is 0 Å². The molecule has 1 aliphatic heterocycles. The molecule has 1 aromatic rings. The van der Waals surface area contributed by atoms with Crippen molar-refractivity contribution in [2.24, 2.45) is 5.92 Å². The number of benzene rings is 1. The highest BCUT2D eigenvalue weighted by Crippen LogP contribution is 2.34. The first-order valence-electron chi connectivity index (χ1n) is 6.29. The van der Waals surface area contributed by atoms with E-state index < -0.39 is 0 Å². The minimum Gasteiger partial charge on any atom is -0.493 e. The fraction of sp³-hybridized carbons (Fsp3) is 0.571. The lowest BCUT2D eigenvalue weighted by molar-refractivity contribution is 0.264. The van der Waals surface area contributed by atoms with Crippen LogP contribution in [0.1, 0.15) is 31.2 Å². The molecule has 16 heavy (non-hydrogen) atoms. The number of para-hydroxylation sites is 1. The highest BCUT2D eigenvalue weighted by Gasteiger charge is 2.33. The zero-order chi connectivity index (χ0) is 11.0. The van der Waals surface area contributed by atoms with E-state index >= 15 is 0 Å². The molecule has 1 heterocycles. The Morgan fingerprint density at radius 2 is 2.19 bits per heavy atom. The molecule has 2 aliphatic rings. The summed E-state index contributed by atoms with van der Waals surface area (Å²) in [5.41, 5.74) is 1.38. The van der Waals surface area contributed by atoms with Gasteiger partial charge in [0, 0.05) is 18.5 Å². The molecule has 3 rings (SSSR count). The summed E-state index contributed by atoms with van der Waals surface area (Å²) >= 11 is 0. The molecule has 0 bridgehead atoms. The molecule has 0 aromatic heterocycles. The summed E-state index contributed by atoms with van der Waals surface area (Å²) in [5, 5.41) is 3.66. The molecular formula is C14H19NO. The molecule has 3 atom stereocenters. The number of rotatable bonds is 3. The Kier molecular flexibility index (Phi) is 2.60. The molecule has 1 aromatic carbocycles.